The number of hydrogen-bond donors (Lipinski definition) is 1. The number of nitrogens with zero attached hydrogens (tertiary/aromatic N) is 3. The fraction of sp³-hybridized carbons (Fsp3) is 0.364. The zero-order valence-electron chi connectivity index (χ0n) is 17.4. The van der Waals surface area contributed by atoms with Gasteiger partial charge in [0.1, 0.15) is 17.4 Å². The lowest BCUT2D eigenvalue weighted by atomic mass is 10.1. The standard InChI is InChI=1S/C22H22F4N4O2/c1-2-32-19-11-14(22(24,25)26)3-6-18(19)30-20(13-29-9-7-27-8-10-29)28-17-5-4-15(23)12-16(17)21(30)31/h3-6,11-12,27H,2,7-10,13H2,1H3. The lowest BCUT2D eigenvalue weighted by molar-refractivity contribution is -0.137. The number of nitrogens with one attached hydrogen (secondary N) is 1. The van der Waals surface area contributed by atoms with Crippen molar-refractivity contribution < 1.29 is 22.3 Å². The number of aromatic nitrogens is 2. The van der Waals surface area contributed by atoms with Crippen LogP contribution in [0.25, 0.3) is 16.6 Å². The van der Waals surface area contributed by atoms with Gasteiger partial charge in [-0.05, 0) is 43.3 Å². The molecule has 0 atom stereocenters. The topological polar surface area (TPSA) is 59.4 Å². The summed E-state index contributed by atoms with van der Waals surface area (Å²) >= 11 is 0. The third kappa shape index (κ3) is 4.46. The summed E-state index contributed by atoms with van der Waals surface area (Å²) in [6, 6.07) is 6.69. The van der Waals surface area contributed by atoms with Crippen molar-refractivity contribution in [2.24, 2.45) is 0 Å². The summed E-state index contributed by atoms with van der Waals surface area (Å²) < 4.78 is 60.4. The maximum absolute atomic E-state index is 13.9. The number of piperazine rings is 1. The van der Waals surface area contributed by atoms with Crippen molar-refractivity contribution in [2.75, 3.05) is 32.8 Å². The molecule has 0 bridgehead atoms. The molecule has 1 aliphatic rings. The largest absolute Gasteiger partial charge is 0.492 e. The van der Waals surface area contributed by atoms with Gasteiger partial charge in [-0.2, -0.15) is 13.2 Å². The molecule has 32 heavy (non-hydrogen) atoms. The van der Waals surface area contributed by atoms with E-state index < -0.39 is 23.1 Å². The Hall–Kier alpha value is -2.98. The molecule has 2 aromatic carbocycles. The quantitative estimate of drug-likeness (QED) is 0.605. The van der Waals surface area contributed by atoms with E-state index in [0.29, 0.717) is 17.9 Å². The Balaban J connectivity index is 1.94. The SMILES string of the molecule is CCOc1cc(C(F)(F)F)ccc1-n1c(CN2CCNCC2)nc2ccc(F)cc2c1=O. The Morgan fingerprint density at radius 3 is 2.56 bits per heavy atom. The van der Waals surface area contributed by atoms with Gasteiger partial charge >= 0.3 is 6.18 Å². The first-order valence-corrected chi connectivity index (χ1v) is 10.3. The van der Waals surface area contributed by atoms with Crippen molar-refractivity contribution in [1.29, 1.82) is 0 Å². The van der Waals surface area contributed by atoms with E-state index in [2.05, 4.69) is 15.2 Å². The second-order valence-electron chi connectivity index (χ2n) is 7.47. The molecule has 1 fully saturated rings. The highest BCUT2D eigenvalue weighted by Gasteiger charge is 2.32. The Labute approximate surface area is 181 Å². The first-order chi connectivity index (χ1) is 15.3. The summed E-state index contributed by atoms with van der Waals surface area (Å²) in [7, 11) is 0. The number of ether oxygens (including phenoxy) is 1. The fourth-order valence-electron chi connectivity index (χ4n) is 3.77. The summed E-state index contributed by atoms with van der Waals surface area (Å²) in [6.45, 7) is 5.04. The van der Waals surface area contributed by atoms with Crippen LogP contribution in [0.5, 0.6) is 5.75 Å². The summed E-state index contributed by atoms with van der Waals surface area (Å²) in [5, 5.41) is 3.28. The van der Waals surface area contributed by atoms with Crippen LogP contribution >= 0.6 is 0 Å². The molecule has 3 aromatic rings. The normalized spacial score (nSPS) is 15.3. The van der Waals surface area contributed by atoms with Gasteiger partial charge in [0.2, 0.25) is 0 Å². The third-order valence-electron chi connectivity index (χ3n) is 5.30. The number of benzene rings is 2. The zero-order valence-corrected chi connectivity index (χ0v) is 17.4. The highest BCUT2D eigenvalue weighted by Crippen LogP contribution is 2.34. The number of alkyl halides is 3. The van der Waals surface area contributed by atoms with Gasteiger partial charge in [0.25, 0.3) is 5.56 Å². The highest BCUT2D eigenvalue weighted by atomic mass is 19.4. The molecule has 0 amide bonds. The van der Waals surface area contributed by atoms with E-state index in [1.54, 1.807) is 6.92 Å². The van der Waals surface area contributed by atoms with Crippen LogP contribution in [0.3, 0.4) is 0 Å². The van der Waals surface area contributed by atoms with E-state index in [1.165, 1.54) is 22.8 Å². The van der Waals surface area contributed by atoms with Crippen LogP contribution in [-0.2, 0) is 12.7 Å². The van der Waals surface area contributed by atoms with E-state index >= 15 is 0 Å². The summed E-state index contributed by atoms with van der Waals surface area (Å²) in [5.41, 5.74) is -1.00. The monoisotopic (exact) mass is 450 g/mol. The van der Waals surface area contributed by atoms with E-state index in [9.17, 15) is 22.4 Å². The summed E-state index contributed by atoms with van der Waals surface area (Å²) in [5.74, 6) is -0.351. The zero-order chi connectivity index (χ0) is 22.9. The van der Waals surface area contributed by atoms with Crippen LogP contribution in [0.4, 0.5) is 17.6 Å². The van der Waals surface area contributed by atoms with Gasteiger partial charge in [0.15, 0.2) is 0 Å². The van der Waals surface area contributed by atoms with Gasteiger partial charge in [0, 0.05) is 26.2 Å². The van der Waals surface area contributed by atoms with Crippen molar-refractivity contribution >= 4 is 10.9 Å². The molecule has 1 N–H and O–H groups in total. The van der Waals surface area contributed by atoms with Crippen LogP contribution in [-0.4, -0.2) is 47.2 Å². The van der Waals surface area contributed by atoms with Gasteiger partial charge in [-0.15, -0.1) is 0 Å². The molecule has 10 heteroatoms. The van der Waals surface area contributed by atoms with E-state index in [1.807, 2.05) is 0 Å². The molecule has 1 aliphatic heterocycles. The highest BCUT2D eigenvalue weighted by molar-refractivity contribution is 5.78. The Bertz CT molecular complexity index is 1190. The molecule has 0 radical (unpaired) electrons. The minimum Gasteiger partial charge on any atom is -0.492 e. The van der Waals surface area contributed by atoms with Gasteiger partial charge < -0.3 is 10.1 Å². The molecular formula is C22H22F4N4O2. The molecule has 0 spiro atoms. The van der Waals surface area contributed by atoms with Crippen LogP contribution in [0.2, 0.25) is 0 Å². The van der Waals surface area contributed by atoms with Gasteiger partial charge in [-0.3, -0.25) is 14.3 Å². The van der Waals surface area contributed by atoms with Crippen LogP contribution in [0.15, 0.2) is 41.2 Å². The van der Waals surface area contributed by atoms with Crippen molar-refractivity contribution in [3.8, 4) is 11.4 Å². The van der Waals surface area contributed by atoms with Gasteiger partial charge in [0.05, 0.1) is 35.3 Å². The second kappa shape index (κ2) is 8.87. The Morgan fingerprint density at radius 2 is 1.88 bits per heavy atom. The van der Waals surface area contributed by atoms with Gasteiger partial charge in [-0.25, -0.2) is 9.37 Å². The minimum atomic E-state index is -4.57. The predicted molar refractivity (Wildman–Crippen MR) is 112 cm³/mol. The minimum absolute atomic E-state index is 0.0383. The molecule has 170 valence electrons. The smallest absolute Gasteiger partial charge is 0.416 e. The average molecular weight is 450 g/mol. The molecule has 0 unspecified atom stereocenters. The van der Waals surface area contributed by atoms with Gasteiger partial charge in [-0.1, -0.05) is 0 Å². The van der Waals surface area contributed by atoms with Crippen molar-refractivity contribution in [1.82, 2.24) is 19.8 Å². The van der Waals surface area contributed by atoms with Crippen LogP contribution in [0.1, 0.15) is 18.3 Å². The Kier molecular flexibility index (Phi) is 6.16. The number of hydrogen-bond acceptors (Lipinski definition) is 5. The summed E-state index contributed by atoms with van der Waals surface area (Å²) in [6.07, 6.45) is -4.57. The average Bonchev–Trinajstić information content (AvgIpc) is 2.75. The predicted octanol–water partition coefficient (Wildman–Crippen LogP) is 3.35. The molecular weight excluding hydrogens is 428 g/mol. The molecule has 1 aromatic heterocycles. The van der Waals surface area contributed by atoms with E-state index in [-0.39, 0.29) is 23.4 Å². The third-order valence-corrected chi connectivity index (χ3v) is 5.30. The van der Waals surface area contributed by atoms with Crippen molar-refractivity contribution in [3.63, 3.8) is 0 Å². The molecule has 1 saturated heterocycles. The summed E-state index contributed by atoms with van der Waals surface area (Å²) in [4.78, 5) is 20.1. The first kappa shape index (κ1) is 22.2. The Morgan fingerprint density at radius 1 is 1.12 bits per heavy atom. The molecule has 0 saturated carbocycles. The lowest BCUT2D eigenvalue weighted by Gasteiger charge is -2.28. The maximum Gasteiger partial charge on any atom is 0.416 e. The molecule has 0 aliphatic carbocycles. The van der Waals surface area contributed by atoms with E-state index in [0.717, 1.165) is 44.4 Å². The first-order valence-electron chi connectivity index (χ1n) is 10.3. The van der Waals surface area contributed by atoms with Crippen LogP contribution < -0.4 is 15.6 Å². The molecule has 4 rings (SSSR count). The number of halogens is 4. The van der Waals surface area contributed by atoms with E-state index in [4.69, 9.17) is 4.74 Å². The maximum atomic E-state index is 13.9. The van der Waals surface area contributed by atoms with Crippen molar-refractivity contribution in [2.45, 2.75) is 19.6 Å². The lowest BCUT2D eigenvalue weighted by Crippen LogP contribution is -2.44. The number of rotatable bonds is 5. The second-order valence-corrected chi connectivity index (χ2v) is 7.47. The molecule has 2 heterocycles. The number of fused-ring (bicyclic) bond motifs is 1. The fourth-order valence-corrected chi connectivity index (χ4v) is 3.77. The molecule has 6 nitrogen and oxygen atoms in total. The van der Waals surface area contributed by atoms with Crippen molar-refractivity contribution in [3.05, 3.63) is 64.0 Å². The van der Waals surface area contributed by atoms with Crippen LogP contribution in [0, 0.1) is 5.82 Å².